The second-order valence-corrected chi connectivity index (χ2v) is 8.17. The largest absolute Gasteiger partial charge is 0.192 e. The Morgan fingerprint density at radius 2 is 1.22 bits per heavy atom. The molecular formula is C14H26Cl4. The molecule has 0 unspecified atom stereocenters. The average molecular weight is 336 g/mol. The fourth-order valence-electron chi connectivity index (χ4n) is 2.03. The van der Waals surface area contributed by atoms with Gasteiger partial charge in [-0.05, 0) is 6.42 Å². The van der Waals surface area contributed by atoms with Crippen molar-refractivity contribution >= 4 is 46.4 Å². The molecule has 110 valence electrons. The van der Waals surface area contributed by atoms with Crippen LogP contribution in [0, 0.1) is 0 Å². The van der Waals surface area contributed by atoms with Gasteiger partial charge < -0.3 is 0 Å². The lowest BCUT2D eigenvalue weighted by molar-refractivity contribution is 0.547. The zero-order chi connectivity index (χ0) is 13.9. The molecule has 0 nitrogen and oxygen atoms in total. The van der Waals surface area contributed by atoms with Gasteiger partial charge in [0.2, 0.25) is 0 Å². The molecule has 0 saturated carbocycles. The highest BCUT2D eigenvalue weighted by atomic mass is 35.6. The normalized spacial score (nSPS) is 13.8. The number of alkyl halides is 4. The van der Waals surface area contributed by atoms with Crippen LogP contribution in [-0.4, -0.2) is 9.17 Å². The monoisotopic (exact) mass is 334 g/mol. The molecule has 0 saturated heterocycles. The van der Waals surface area contributed by atoms with Crippen molar-refractivity contribution in [1.82, 2.24) is 0 Å². The Bertz CT molecular complexity index is 177. The first-order chi connectivity index (χ1) is 8.45. The van der Waals surface area contributed by atoms with Gasteiger partial charge in [0.1, 0.15) is 0 Å². The van der Waals surface area contributed by atoms with Gasteiger partial charge in [-0.2, -0.15) is 0 Å². The van der Waals surface area contributed by atoms with E-state index < -0.39 is 3.79 Å². The number of hydrogen-bond acceptors (Lipinski definition) is 0. The third-order valence-electron chi connectivity index (χ3n) is 3.07. The molecule has 0 rings (SSSR count). The second kappa shape index (κ2) is 11.9. The lowest BCUT2D eigenvalue weighted by Gasteiger charge is -2.15. The van der Waals surface area contributed by atoms with E-state index in [-0.39, 0.29) is 5.38 Å². The maximum absolute atomic E-state index is 6.11. The molecule has 0 aromatic heterocycles. The smallest absolute Gasteiger partial charge is 0.123 e. The molecule has 18 heavy (non-hydrogen) atoms. The van der Waals surface area contributed by atoms with Gasteiger partial charge in [0.25, 0.3) is 0 Å². The van der Waals surface area contributed by atoms with Crippen LogP contribution >= 0.6 is 46.4 Å². The minimum atomic E-state index is -1.20. The van der Waals surface area contributed by atoms with Crippen molar-refractivity contribution in [3.8, 4) is 0 Å². The summed E-state index contributed by atoms with van der Waals surface area (Å²) in [6, 6.07) is 0. The molecule has 0 heterocycles. The molecule has 0 fully saturated rings. The summed E-state index contributed by atoms with van der Waals surface area (Å²) in [5.41, 5.74) is 0. The molecule has 4 heteroatoms. The molecule has 0 aliphatic carbocycles. The van der Waals surface area contributed by atoms with Gasteiger partial charge in [0.05, 0.1) is 0 Å². The van der Waals surface area contributed by atoms with Crippen LogP contribution in [0.25, 0.3) is 0 Å². The van der Waals surface area contributed by atoms with Gasteiger partial charge in [0.15, 0.2) is 3.79 Å². The standard InChI is InChI=1S/C14H26Cl4/c1-2-3-4-5-6-7-8-9-10-11-13(15)12-14(16,17)18/h13H,2-12H2,1H3/t13-/m0/s1. The first-order valence-corrected chi connectivity index (χ1v) is 8.73. The molecule has 0 radical (unpaired) electrons. The predicted molar refractivity (Wildman–Crippen MR) is 86.4 cm³/mol. The molecule has 0 bridgehead atoms. The summed E-state index contributed by atoms with van der Waals surface area (Å²) in [4.78, 5) is 0. The van der Waals surface area contributed by atoms with E-state index in [4.69, 9.17) is 46.4 Å². The summed E-state index contributed by atoms with van der Waals surface area (Å²) in [6.45, 7) is 2.25. The van der Waals surface area contributed by atoms with Crippen molar-refractivity contribution in [3.63, 3.8) is 0 Å². The Balaban J connectivity index is 3.20. The Labute approximate surface area is 133 Å². The summed E-state index contributed by atoms with van der Waals surface area (Å²) in [6.07, 6.45) is 13.3. The van der Waals surface area contributed by atoms with Crippen LogP contribution in [0.5, 0.6) is 0 Å². The van der Waals surface area contributed by atoms with Crippen molar-refractivity contribution in [3.05, 3.63) is 0 Å². The first-order valence-electron chi connectivity index (χ1n) is 7.16. The van der Waals surface area contributed by atoms with Crippen LogP contribution in [0.1, 0.15) is 77.6 Å². The van der Waals surface area contributed by atoms with Gasteiger partial charge in [-0.3, -0.25) is 0 Å². The summed E-state index contributed by atoms with van der Waals surface area (Å²) in [5.74, 6) is 0. The lowest BCUT2D eigenvalue weighted by atomic mass is 10.1. The fourth-order valence-corrected chi connectivity index (χ4v) is 3.21. The Kier molecular flexibility index (Phi) is 12.7. The predicted octanol–water partition coefficient (Wildman–Crippen LogP) is 7.28. The number of rotatable bonds is 11. The molecule has 0 aromatic carbocycles. The average Bonchev–Trinajstić information content (AvgIpc) is 2.24. The number of halogens is 4. The third-order valence-corrected chi connectivity index (χ3v) is 3.91. The minimum Gasteiger partial charge on any atom is -0.123 e. The minimum absolute atomic E-state index is 0.0120. The van der Waals surface area contributed by atoms with Crippen LogP contribution < -0.4 is 0 Å². The fraction of sp³-hybridized carbons (Fsp3) is 1.00. The molecule has 1 atom stereocenters. The SMILES string of the molecule is CCCCCCCCCCC[C@H](Cl)CC(Cl)(Cl)Cl. The van der Waals surface area contributed by atoms with Crippen molar-refractivity contribution < 1.29 is 0 Å². The van der Waals surface area contributed by atoms with E-state index in [9.17, 15) is 0 Å². The van der Waals surface area contributed by atoms with Crippen LogP contribution in [-0.2, 0) is 0 Å². The van der Waals surface area contributed by atoms with Gasteiger partial charge >= 0.3 is 0 Å². The Morgan fingerprint density at radius 1 is 0.778 bits per heavy atom. The summed E-state index contributed by atoms with van der Waals surface area (Å²) >= 11 is 23.2. The quantitative estimate of drug-likeness (QED) is 0.275. The molecule has 0 aromatic rings. The van der Waals surface area contributed by atoms with Crippen LogP contribution in [0.2, 0.25) is 0 Å². The molecule has 0 spiro atoms. The second-order valence-electron chi connectivity index (χ2n) is 5.03. The maximum Gasteiger partial charge on any atom is 0.192 e. The third kappa shape index (κ3) is 15.2. The van der Waals surface area contributed by atoms with Crippen LogP contribution in [0.4, 0.5) is 0 Å². The lowest BCUT2D eigenvalue weighted by Crippen LogP contribution is -2.11. The van der Waals surface area contributed by atoms with Gasteiger partial charge in [-0.15, -0.1) is 11.6 Å². The van der Waals surface area contributed by atoms with Crippen molar-refractivity contribution in [1.29, 1.82) is 0 Å². The molecule has 0 N–H and O–H groups in total. The topological polar surface area (TPSA) is 0 Å². The van der Waals surface area contributed by atoms with Crippen molar-refractivity contribution in [2.75, 3.05) is 0 Å². The van der Waals surface area contributed by atoms with E-state index in [1.54, 1.807) is 0 Å². The highest BCUT2D eigenvalue weighted by Gasteiger charge is 2.23. The van der Waals surface area contributed by atoms with E-state index in [0.717, 1.165) is 12.8 Å². The zero-order valence-corrected chi connectivity index (χ0v) is 14.4. The first kappa shape index (κ1) is 19.2. The van der Waals surface area contributed by atoms with Gasteiger partial charge in [0, 0.05) is 11.8 Å². The highest BCUT2D eigenvalue weighted by molar-refractivity contribution is 6.67. The molecule has 0 aliphatic heterocycles. The van der Waals surface area contributed by atoms with Gasteiger partial charge in [-0.1, -0.05) is 99.5 Å². The molecular weight excluding hydrogens is 310 g/mol. The molecule has 0 amide bonds. The van der Waals surface area contributed by atoms with E-state index in [1.165, 1.54) is 51.4 Å². The van der Waals surface area contributed by atoms with E-state index >= 15 is 0 Å². The summed E-state index contributed by atoms with van der Waals surface area (Å²) in [7, 11) is 0. The van der Waals surface area contributed by atoms with Gasteiger partial charge in [-0.25, -0.2) is 0 Å². The number of unbranched alkanes of at least 4 members (excludes halogenated alkanes) is 8. The zero-order valence-electron chi connectivity index (χ0n) is 11.4. The maximum atomic E-state index is 6.11. The summed E-state index contributed by atoms with van der Waals surface area (Å²) in [5, 5.41) is -0.0120. The van der Waals surface area contributed by atoms with E-state index in [0.29, 0.717) is 6.42 Å². The van der Waals surface area contributed by atoms with Crippen LogP contribution in [0.15, 0.2) is 0 Å². The van der Waals surface area contributed by atoms with Crippen molar-refractivity contribution in [2.45, 2.75) is 86.7 Å². The van der Waals surface area contributed by atoms with Crippen LogP contribution in [0.3, 0.4) is 0 Å². The Morgan fingerprint density at radius 3 is 1.67 bits per heavy atom. The van der Waals surface area contributed by atoms with Crippen molar-refractivity contribution in [2.24, 2.45) is 0 Å². The van der Waals surface area contributed by atoms with E-state index in [2.05, 4.69) is 6.92 Å². The Hall–Kier alpha value is 1.16. The highest BCUT2D eigenvalue weighted by Crippen LogP contribution is 2.34. The molecule has 0 aliphatic rings. The van der Waals surface area contributed by atoms with E-state index in [1.807, 2.05) is 0 Å². The summed E-state index contributed by atoms with van der Waals surface area (Å²) < 4.78 is -1.20. The number of hydrogen-bond donors (Lipinski definition) is 0.